The smallest absolute Gasteiger partial charge is 0.243 e. The van der Waals surface area contributed by atoms with Gasteiger partial charge in [-0.1, -0.05) is 0 Å². The summed E-state index contributed by atoms with van der Waals surface area (Å²) >= 11 is 0. The summed E-state index contributed by atoms with van der Waals surface area (Å²) in [4.78, 5) is 27.6. The van der Waals surface area contributed by atoms with Gasteiger partial charge in [0.25, 0.3) is 0 Å². The number of rotatable bonds is 3. The van der Waals surface area contributed by atoms with Gasteiger partial charge in [0.05, 0.1) is 12.1 Å². The van der Waals surface area contributed by atoms with Crippen LogP contribution in [0.3, 0.4) is 0 Å². The third kappa shape index (κ3) is 3.25. The second kappa shape index (κ2) is 5.88. The number of carbonyl (C=O) groups excluding carboxylic acids is 2. The van der Waals surface area contributed by atoms with E-state index in [1.807, 2.05) is 4.90 Å². The van der Waals surface area contributed by atoms with Crippen LogP contribution in [-0.4, -0.2) is 67.0 Å². The van der Waals surface area contributed by atoms with Gasteiger partial charge in [-0.25, -0.2) is 0 Å². The maximum absolute atomic E-state index is 12.3. The predicted molar refractivity (Wildman–Crippen MR) is 70.4 cm³/mol. The van der Waals surface area contributed by atoms with Crippen LogP contribution in [0.25, 0.3) is 0 Å². The molecule has 0 radical (unpaired) electrons. The van der Waals surface area contributed by atoms with E-state index < -0.39 is 5.54 Å². The fourth-order valence-electron chi connectivity index (χ4n) is 2.67. The number of hydrogen-bond donors (Lipinski definition) is 1. The van der Waals surface area contributed by atoms with E-state index in [9.17, 15) is 9.59 Å². The largest absolute Gasteiger partial charge is 0.381 e. The summed E-state index contributed by atoms with van der Waals surface area (Å²) in [5.41, 5.74) is 5.27. The van der Waals surface area contributed by atoms with Gasteiger partial charge >= 0.3 is 0 Å². The van der Waals surface area contributed by atoms with Crippen LogP contribution in [0.1, 0.15) is 25.7 Å². The summed E-state index contributed by atoms with van der Waals surface area (Å²) in [7, 11) is 1.65. The van der Waals surface area contributed by atoms with Crippen molar-refractivity contribution in [1.29, 1.82) is 0 Å². The molecule has 108 valence electrons. The van der Waals surface area contributed by atoms with Crippen LogP contribution >= 0.6 is 0 Å². The van der Waals surface area contributed by atoms with Crippen LogP contribution in [0, 0.1) is 0 Å². The van der Waals surface area contributed by atoms with Crippen molar-refractivity contribution in [1.82, 2.24) is 9.80 Å². The lowest BCUT2D eigenvalue weighted by Crippen LogP contribution is -2.58. The fraction of sp³-hybridized carbons (Fsp3) is 0.846. The van der Waals surface area contributed by atoms with Crippen molar-refractivity contribution in [3.8, 4) is 0 Å². The summed E-state index contributed by atoms with van der Waals surface area (Å²) in [5.74, 6) is -0.132. The first-order valence-corrected chi connectivity index (χ1v) is 6.93. The van der Waals surface area contributed by atoms with E-state index >= 15 is 0 Å². The molecule has 19 heavy (non-hydrogen) atoms. The Morgan fingerprint density at radius 1 is 1.26 bits per heavy atom. The minimum Gasteiger partial charge on any atom is -0.381 e. The molecule has 2 amide bonds. The molecule has 2 fully saturated rings. The highest BCUT2D eigenvalue weighted by molar-refractivity contribution is 5.90. The Morgan fingerprint density at radius 3 is 2.42 bits per heavy atom. The van der Waals surface area contributed by atoms with E-state index in [1.165, 1.54) is 4.90 Å². The molecule has 2 aliphatic rings. The molecule has 2 rings (SSSR count). The molecule has 0 atom stereocenters. The van der Waals surface area contributed by atoms with Crippen molar-refractivity contribution in [2.45, 2.75) is 31.2 Å². The molecular weight excluding hydrogens is 246 g/mol. The van der Waals surface area contributed by atoms with Gasteiger partial charge in [-0.3, -0.25) is 9.59 Å². The normalized spacial score (nSPS) is 22.3. The lowest BCUT2D eigenvalue weighted by Gasteiger charge is -2.35. The van der Waals surface area contributed by atoms with E-state index in [0.717, 1.165) is 25.9 Å². The Hall–Kier alpha value is -1.14. The van der Waals surface area contributed by atoms with Crippen molar-refractivity contribution in [3.05, 3.63) is 0 Å². The molecule has 2 aliphatic heterocycles. The van der Waals surface area contributed by atoms with Gasteiger partial charge in [0.15, 0.2) is 0 Å². The molecule has 0 spiro atoms. The molecular formula is C13H23N3O3. The van der Waals surface area contributed by atoms with Crippen LogP contribution in [0.2, 0.25) is 0 Å². The van der Waals surface area contributed by atoms with E-state index in [2.05, 4.69) is 0 Å². The lowest BCUT2D eigenvalue weighted by atomic mass is 9.90. The summed E-state index contributed by atoms with van der Waals surface area (Å²) < 4.78 is 5.23. The zero-order valence-electron chi connectivity index (χ0n) is 11.6. The van der Waals surface area contributed by atoms with Gasteiger partial charge in [-0.2, -0.15) is 0 Å². The number of ether oxygens (including phenoxy) is 1. The molecule has 0 aromatic carbocycles. The number of likely N-dealkylation sites (N-methyl/N-ethyl adjacent to an activating group) is 1. The summed E-state index contributed by atoms with van der Waals surface area (Å²) in [6.07, 6.45) is 3.16. The van der Waals surface area contributed by atoms with Crippen LogP contribution in [0.15, 0.2) is 0 Å². The number of likely N-dealkylation sites (tertiary alicyclic amines) is 1. The first-order chi connectivity index (χ1) is 9.03. The Kier molecular flexibility index (Phi) is 4.42. The minimum absolute atomic E-state index is 0.0176. The molecule has 0 bridgehead atoms. The van der Waals surface area contributed by atoms with Crippen LogP contribution in [0.5, 0.6) is 0 Å². The quantitative estimate of drug-likeness (QED) is 0.754. The van der Waals surface area contributed by atoms with Gasteiger partial charge in [-0.05, 0) is 25.7 Å². The van der Waals surface area contributed by atoms with Crippen LogP contribution in [0.4, 0.5) is 0 Å². The molecule has 2 heterocycles. The number of hydrogen-bond acceptors (Lipinski definition) is 4. The van der Waals surface area contributed by atoms with Crippen molar-refractivity contribution in [3.63, 3.8) is 0 Å². The highest BCUT2D eigenvalue weighted by atomic mass is 16.5. The Bertz CT molecular complexity index is 347. The SMILES string of the molecule is CN(CC(=O)N1CCCC1)C(=O)C1(N)CCOCC1. The third-order valence-electron chi connectivity index (χ3n) is 3.99. The zero-order chi connectivity index (χ0) is 13.9. The molecule has 2 N–H and O–H groups in total. The number of amides is 2. The standard InChI is InChI=1S/C13H23N3O3/c1-15(10-11(17)16-6-2-3-7-16)12(18)13(14)4-8-19-9-5-13/h2-10,14H2,1H3. The fourth-order valence-corrected chi connectivity index (χ4v) is 2.67. The Balaban J connectivity index is 1.89. The number of nitrogens with zero attached hydrogens (tertiary/aromatic N) is 2. The Morgan fingerprint density at radius 2 is 1.84 bits per heavy atom. The van der Waals surface area contributed by atoms with Gasteiger partial charge in [0.1, 0.15) is 0 Å². The van der Waals surface area contributed by atoms with Crippen molar-refractivity contribution in [2.24, 2.45) is 5.73 Å². The maximum atomic E-state index is 12.3. The summed E-state index contributed by atoms with van der Waals surface area (Å²) in [5, 5.41) is 0. The molecule has 0 unspecified atom stereocenters. The monoisotopic (exact) mass is 269 g/mol. The first-order valence-electron chi connectivity index (χ1n) is 6.93. The zero-order valence-corrected chi connectivity index (χ0v) is 11.6. The van der Waals surface area contributed by atoms with E-state index in [-0.39, 0.29) is 18.4 Å². The molecule has 6 nitrogen and oxygen atoms in total. The topological polar surface area (TPSA) is 75.9 Å². The highest BCUT2D eigenvalue weighted by Crippen LogP contribution is 2.20. The average Bonchev–Trinajstić information content (AvgIpc) is 2.92. The highest BCUT2D eigenvalue weighted by Gasteiger charge is 2.38. The first kappa shape index (κ1) is 14.3. The summed E-state index contributed by atoms with van der Waals surface area (Å²) in [6.45, 7) is 2.76. The van der Waals surface area contributed by atoms with Crippen LogP contribution in [-0.2, 0) is 14.3 Å². The second-order valence-corrected chi connectivity index (χ2v) is 5.52. The minimum atomic E-state index is -0.863. The third-order valence-corrected chi connectivity index (χ3v) is 3.99. The van der Waals surface area contributed by atoms with Crippen molar-refractivity contribution < 1.29 is 14.3 Å². The molecule has 0 aliphatic carbocycles. The van der Waals surface area contributed by atoms with E-state index in [1.54, 1.807) is 7.05 Å². The van der Waals surface area contributed by atoms with Crippen molar-refractivity contribution in [2.75, 3.05) is 39.9 Å². The second-order valence-electron chi connectivity index (χ2n) is 5.52. The number of nitrogens with two attached hydrogens (primary N) is 1. The van der Waals surface area contributed by atoms with Gasteiger partial charge in [0.2, 0.25) is 11.8 Å². The van der Waals surface area contributed by atoms with E-state index in [0.29, 0.717) is 26.1 Å². The molecule has 0 aromatic rings. The molecule has 0 aromatic heterocycles. The van der Waals surface area contributed by atoms with Crippen LogP contribution < -0.4 is 5.73 Å². The maximum Gasteiger partial charge on any atom is 0.243 e. The van der Waals surface area contributed by atoms with Gasteiger partial charge in [-0.15, -0.1) is 0 Å². The van der Waals surface area contributed by atoms with Gasteiger partial charge < -0.3 is 20.3 Å². The molecule has 0 saturated carbocycles. The van der Waals surface area contributed by atoms with Crippen molar-refractivity contribution >= 4 is 11.8 Å². The average molecular weight is 269 g/mol. The Labute approximate surface area is 113 Å². The number of carbonyl (C=O) groups is 2. The predicted octanol–water partition coefficient (Wildman–Crippen LogP) is -0.425. The molecule has 2 saturated heterocycles. The summed E-state index contributed by atoms with van der Waals surface area (Å²) in [6, 6.07) is 0. The lowest BCUT2D eigenvalue weighted by molar-refractivity contribution is -0.144. The van der Waals surface area contributed by atoms with Gasteiger partial charge in [0, 0.05) is 33.4 Å². The molecule has 6 heteroatoms. The van der Waals surface area contributed by atoms with E-state index in [4.69, 9.17) is 10.5 Å².